The van der Waals surface area contributed by atoms with Crippen LogP contribution >= 0.6 is 11.8 Å². The van der Waals surface area contributed by atoms with Crippen LogP contribution in [-0.4, -0.2) is 17.5 Å². The minimum atomic E-state index is 1.07. The van der Waals surface area contributed by atoms with E-state index in [0.717, 1.165) is 13.1 Å². The first-order valence-corrected chi connectivity index (χ1v) is 8.55. The summed E-state index contributed by atoms with van der Waals surface area (Å²) in [6, 6.07) is 0. The first-order chi connectivity index (χ1) is 8.81. The second-order valence-corrected chi connectivity index (χ2v) is 5.92. The predicted molar refractivity (Wildman–Crippen MR) is 84.2 cm³/mol. The number of hydrogen-bond acceptors (Lipinski definition) is 1. The van der Waals surface area contributed by atoms with Gasteiger partial charge in [-0.3, -0.25) is 0 Å². The number of halogens is 1. The Morgan fingerprint density at radius 3 is 1.28 bits per heavy atom. The summed E-state index contributed by atoms with van der Waals surface area (Å²) in [5, 5.41) is 0. The van der Waals surface area contributed by atoms with Crippen LogP contribution in [0.4, 0.5) is 0 Å². The van der Waals surface area contributed by atoms with Crippen molar-refractivity contribution in [1.82, 2.24) is 4.42 Å². The Bertz CT molecular complexity index is 134. The molecule has 0 aromatic carbocycles. The van der Waals surface area contributed by atoms with Gasteiger partial charge in [0.1, 0.15) is 0 Å². The van der Waals surface area contributed by atoms with E-state index in [1.165, 1.54) is 77.0 Å². The van der Waals surface area contributed by atoms with Gasteiger partial charge in [-0.2, -0.15) is 0 Å². The third kappa shape index (κ3) is 14.3. The summed E-state index contributed by atoms with van der Waals surface area (Å²) in [7, 11) is 0. The molecule has 0 radical (unpaired) electrons. The maximum atomic E-state index is 6.19. The molecule has 0 bridgehead atoms. The van der Waals surface area contributed by atoms with Crippen LogP contribution in [0, 0.1) is 0 Å². The SMILES string of the molecule is CCCCCCCCN(Cl)CCCCCCCC. The standard InChI is InChI=1S/C16H34ClN/c1-3-5-7-9-11-13-15-18(17)16-14-12-10-8-6-4-2/h3-16H2,1-2H3. The molecule has 0 saturated carbocycles. The second-order valence-electron chi connectivity index (χ2n) is 5.45. The first kappa shape index (κ1) is 18.2. The Hall–Kier alpha value is 0.250. The lowest BCUT2D eigenvalue weighted by Gasteiger charge is -2.13. The molecule has 0 aromatic rings. The molecule has 0 fully saturated rings. The second kappa shape index (κ2) is 15.3. The van der Waals surface area contributed by atoms with Gasteiger partial charge < -0.3 is 0 Å². The van der Waals surface area contributed by atoms with Crippen molar-refractivity contribution in [2.75, 3.05) is 13.1 Å². The zero-order chi connectivity index (χ0) is 13.5. The number of hydrogen-bond donors (Lipinski definition) is 0. The van der Waals surface area contributed by atoms with Gasteiger partial charge >= 0.3 is 0 Å². The van der Waals surface area contributed by atoms with E-state index in [0.29, 0.717) is 0 Å². The van der Waals surface area contributed by atoms with Crippen LogP contribution in [0.5, 0.6) is 0 Å². The van der Waals surface area contributed by atoms with Crippen LogP contribution < -0.4 is 0 Å². The molecule has 0 amide bonds. The van der Waals surface area contributed by atoms with Gasteiger partial charge in [-0.05, 0) is 24.6 Å². The highest BCUT2D eigenvalue weighted by atomic mass is 35.5. The summed E-state index contributed by atoms with van der Waals surface area (Å²) >= 11 is 6.19. The zero-order valence-corrected chi connectivity index (χ0v) is 13.5. The first-order valence-electron chi connectivity index (χ1n) is 8.22. The Balaban J connectivity index is 3.10. The quantitative estimate of drug-likeness (QED) is 0.271. The Morgan fingerprint density at radius 2 is 0.889 bits per heavy atom. The van der Waals surface area contributed by atoms with E-state index in [2.05, 4.69) is 13.8 Å². The van der Waals surface area contributed by atoms with Gasteiger partial charge in [0, 0.05) is 13.1 Å². The van der Waals surface area contributed by atoms with Crippen LogP contribution in [0.1, 0.15) is 90.9 Å². The summed E-state index contributed by atoms with van der Waals surface area (Å²) < 4.78 is 2.00. The normalized spacial score (nSPS) is 11.3. The maximum absolute atomic E-state index is 6.19. The molecule has 0 aliphatic rings. The minimum absolute atomic E-state index is 1.07. The van der Waals surface area contributed by atoms with E-state index in [1.54, 1.807) is 0 Å². The fourth-order valence-electron chi connectivity index (χ4n) is 2.24. The Labute approximate surface area is 120 Å². The molecular formula is C16H34ClN. The highest BCUT2D eigenvalue weighted by Crippen LogP contribution is 2.09. The lowest BCUT2D eigenvalue weighted by atomic mass is 10.1. The van der Waals surface area contributed by atoms with Crippen molar-refractivity contribution in [2.24, 2.45) is 0 Å². The van der Waals surface area contributed by atoms with E-state index < -0.39 is 0 Å². The molecular weight excluding hydrogens is 242 g/mol. The summed E-state index contributed by atoms with van der Waals surface area (Å²) in [4.78, 5) is 0. The maximum Gasteiger partial charge on any atom is 0.0139 e. The lowest BCUT2D eigenvalue weighted by Crippen LogP contribution is -2.15. The summed E-state index contributed by atoms with van der Waals surface area (Å²) in [5.74, 6) is 0. The third-order valence-corrected chi connectivity index (χ3v) is 3.85. The van der Waals surface area contributed by atoms with Crippen molar-refractivity contribution < 1.29 is 0 Å². The van der Waals surface area contributed by atoms with Gasteiger partial charge in [0.05, 0.1) is 0 Å². The molecule has 0 heterocycles. The Kier molecular flexibility index (Phi) is 15.5. The van der Waals surface area contributed by atoms with Gasteiger partial charge in [0.25, 0.3) is 0 Å². The van der Waals surface area contributed by atoms with Crippen LogP contribution in [0.3, 0.4) is 0 Å². The molecule has 0 aliphatic heterocycles. The van der Waals surface area contributed by atoms with E-state index in [4.69, 9.17) is 11.8 Å². The average Bonchev–Trinajstić information content (AvgIpc) is 2.38. The molecule has 0 atom stereocenters. The molecule has 18 heavy (non-hydrogen) atoms. The van der Waals surface area contributed by atoms with Crippen molar-refractivity contribution >= 4 is 11.8 Å². The monoisotopic (exact) mass is 275 g/mol. The molecule has 0 rings (SSSR count). The number of rotatable bonds is 14. The van der Waals surface area contributed by atoms with Crippen LogP contribution in [0.2, 0.25) is 0 Å². The van der Waals surface area contributed by atoms with Gasteiger partial charge in [0.15, 0.2) is 0 Å². The number of unbranched alkanes of at least 4 members (excludes halogenated alkanes) is 10. The molecule has 0 spiro atoms. The molecule has 1 nitrogen and oxygen atoms in total. The molecule has 0 saturated heterocycles. The molecule has 2 heteroatoms. The van der Waals surface area contributed by atoms with Crippen LogP contribution in [-0.2, 0) is 0 Å². The van der Waals surface area contributed by atoms with Gasteiger partial charge in [-0.25, -0.2) is 4.42 Å². The topological polar surface area (TPSA) is 3.24 Å². The van der Waals surface area contributed by atoms with E-state index in [-0.39, 0.29) is 0 Å². The van der Waals surface area contributed by atoms with Crippen LogP contribution in [0.25, 0.3) is 0 Å². The minimum Gasteiger partial charge on any atom is -0.220 e. The summed E-state index contributed by atoms with van der Waals surface area (Å²) in [6.45, 7) is 6.67. The molecule has 0 aromatic heterocycles. The molecule has 0 N–H and O–H groups in total. The van der Waals surface area contributed by atoms with Crippen LogP contribution in [0.15, 0.2) is 0 Å². The molecule has 0 aliphatic carbocycles. The van der Waals surface area contributed by atoms with Gasteiger partial charge in [-0.1, -0.05) is 78.1 Å². The predicted octanol–water partition coefficient (Wildman–Crippen LogP) is 6.16. The van der Waals surface area contributed by atoms with Gasteiger partial charge in [0.2, 0.25) is 0 Å². The fraction of sp³-hybridized carbons (Fsp3) is 1.00. The van der Waals surface area contributed by atoms with E-state index in [1.807, 2.05) is 4.42 Å². The highest BCUT2D eigenvalue weighted by molar-refractivity contribution is 6.13. The number of nitrogens with zero attached hydrogens (tertiary/aromatic N) is 1. The van der Waals surface area contributed by atoms with E-state index >= 15 is 0 Å². The highest BCUT2D eigenvalue weighted by Gasteiger charge is 2.00. The van der Waals surface area contributed by atoms with Crippen molar-refractivity contribution in [3.8, 4) is 0 Å². The largest absolute Gasteiger partial charge is 0.220 e. The summed E-state index contributed by atoms with van der Waals surface area (Å²) in [6.07, 6.45) is 16.2. The molecule has 110 valence electrons. The van der Waals surface area contributed by atoms with Crippen molar-refractivity contribution in [3.05, 3.63) is 0 Å². The lowest BCUT2D eigenvalue weighted by molar-refractivity contribution is 0.412. The smallest absolute Gasteiger partial charge is 0.0139 e. The van der Waals surface area contributed by atoms with Gasteiger partial charge in [-0.15, -0.1) is 0 Å². The average molecular weight is 276 g/mol. The molecule has 0 unspecified atom stereocenters. The summed E-state index contributed by atoms with van der Waals surface area (Å²) in [5.41, 5.74) is 0. The third-order valence-electron chi connectivity index (χ3n) is 3.51. The van der Waals surface area contributed by atoms with E-state index in [9.17, 15) is 0 Å². The Morgan fingerprint density at radius 1 is 0.556 bits per heavy atom. The van der Waals surface area contributed by atoms with Crippen molar-refractivity contribution in [2.45, 2.75) is 90.9 Å². The zero-order valence-electron chi connectivity index (χ0n) is 12.7. The van der Waals surface area contributed by atoms with Crippen molar-refractivity contribution in [3.63, 3.8) is 0 Å². The fourth-order valence-corrected chi connectivity index (χ4v) is 2.48. The van der Waals surface area contributed by atoms with Crippen molar-refractivity contribution in [1.29, 1.82) is 0 Å².